The fourth-order valence-electron chi connectivity index (χ4n) is 3.46. The molecule has 4 rings (SSSR count). The van der Waals surface area contributed by atoms with Gasteiger partial charge in [-0.2, -0.15) is 0 Å². The molecule has 2 aromatic rings. The molecule has 0 saturated carbocycles. The van der Waals surface area contributed by atoms with Gasteiger partial charge in [-0.1, -0.05) is 42.1 Å². The first-order valence-electron chi connectivity index (χ1n) is 9.67. The molecule has 2 aliphatic rings. The van der Waals surface area contributed by atoms with Crippen LogP contribution in [0.15, 0.2) is 59.6 Å². The molecule has 0 radical (unpaired) electrons. The quantitative estimate of drug-likeness (QED) is 0.709. The van der Waals surface area contributed by atoms with Crippen molar-refractivity contribution in [2.75, 3.05) is 18.8 Å². The molecule has 6 nitrogen and oxygen atoms in total. The molecule has 2 heterocycles. The minimum Gasteiger partial charge on any atom is -0.291 e. The largest absolute Gasteiger partial charge is 0.291 e. The van der Waals surface area contributed by atoms with Crippen molar-refractivity contribution in [3.05, 3.63) is 65.7 Å². The maximum atomic E-state index is 12.8. The number of carbonyl (C=O) groups excluding carboxylic acids is 3. The zero-order chi connectivity index (χ0) is 20.2. The van der Waals surface area contributed by atoms with Crippen LogP contribution in [-0.4, -0.2) is 51.5 Å². The highest BCUT2D eigenvalue weighted by atomic mass is 32.2. The number of thioether (sulfide) groups is 1. The fraction of sp³-hybridized carbons (Fsp3) is 0.273. The Bertz CT molecular complexity index is 939. The van der Waals surface area contributed by atoms with Gasteiger partial charge in [-0.15, -0.1) is 0 Å². The van der Waals surface area contributed by atoms with E-state index < -0.39 is 0 Å². The van der Waals surface area contributed by atoms with Gasteiger partial charge in [0.25, 0.3) is 11.8 Å². The summed E-state index contributed by atoms with van der Waals surface area (Å²) >= 11 is 1.58. The summed E-state index contributed by atoms with van der Waals surface area (Å²) in [5.41, 5.74) is 1.70. The van der Waals surface area contributed by atoms with E-state index in [0.717, 1.165) is 17.9 Å². The molecule has 0 unspecified atom stereocenters. The Balaban J connectivity index is 1.37. The van der Waals surface area contributed by atoms with Crippen LogP contribution in [0.3, 0.4) is 0 Å². The molecular formula is C22H21N3O3S. The Labute approximate surface area is 173 Å². The predicted octanol–water partition coefficient (Wildman–Crippen LogP) is 3.72. The van der Waals surface area contributed by atoms with Crippen molar-refractivity contribution in [1.29, 1.82) is 0 Å². The third kappa shape index (κ3) is 4.10. The lowest BCUT2D eigenvalue weighted by Crippen LogP contribution is -2.39. The van der Waals surface area contributed by atoms with Gasteiger partial charge >= 0.3 is 0 Å². The lowest BCUT2D eigenvalue weighted by atomic mass is 10.1. The second kappa shape index (κ2) is 8.61. The number of nitrogens with zero attached hydrogens (tertiary/aromatic N) is 3. The van der Waals surface area contributed by atoms with Crippen LogP contribution in [0.2, 0.25) is 0 Å². The van der Waals surface area contributed by atoms with Crippen LogP contribution in [0.5, 0.6) is 0 Å². The molecule has 1 saturated heterocycles. The summed E-state index contributed by atoms with van der Waals surface area (Å²) < 4.78 is 0. The molecule has 0 atom stereocenters. The third-order valence-electron chi connectivity index (χ3n) is 4.92. The minimum atomic E-state index is -0.280. The SMILES string of the molecule is O=C(CCCN1C(=O)c2ccccc2C1=O)N1CCCSC1=Nc1ccccc1. The van der Waals surface area contributed by atoms with E-state index in [-0.39, 0.29) is 30.7 Å². The van der Waals surface area contributed by atoms with E-state index in [9.17, 15) is 14.4 Å². The molecular weight excluding hydrogens is 386 g/mol. The standard InChI is InChI=1S/C22H21N3O3S/c26-19(24-14-7-15-29-22(24)23-16-8-2-1-3-9-16)12-6-13-25-20(27)17-10-4-5-11-18(17)21(25)28/h1-5,8-11H,6-7,12-15H2. The normalized spacial score (nSPS) is 17.7. The average molecular weight is 407 g/mol. The lowest BCUT2D eigenvalue weighted by molar-refractivity contribution is -0.127. The van der Waals surface area contributed by atoms with Crippen molar-refractivity contribution < 1.29 is 14.4 Å². The van der Waals surface area contributed by atoms with Gasteiger partial charge in [0.05, 0.1) is 16.8 Å². The minimum absolute atomic E-state index is 0.0245. The highest BCUT2D eigenvalue weighted by Gasteiger charge is 2.34. The number of amidine groups is 1. The molecule has 0 bridgehead atoms. The van der Waals surface area contributed by atoms with E-state index in [1.807, 2.05) is 30.3 Å². The number of aliphatic imine (C=N–C) groups is 1. The third-order valence-corrected chi connectivity index (χ3v) is 5.98. The van der Waals surface area contributed by atoms with Crippen molar-refractivity contribution >= 4 is 40.3 Å². The number of hydrogen-bond donors (Lipinski definition) is 0. The van der Waals surface area contributed by atoms with Crippen molar-refractivity contribution in [2.45, 2.75) is 19.3 Å². The van der Waals surface area contributed by atoms with Crippen molar-refractivity contribution in [1.82, 2.24) is 9.80 Å². The van der Waals surface area contributed by atoms with Gasteiger partial charge in [0.1, 0.15) is 0 Å². The number of amides is 3. The number of hydrogen-bond acceptors (Lipinski definition) is 5. The summed E-state index contributed by atoms with van der Waals surface area (Å²) in [7, 11) is 0. The summed E-state index contributed by atoms with van der Waals surface area (Å²) in [6.07, 6.45) is 1.62. The van der Waals surface area contributed by atoms with Gasteiger partial charge < -0.3 is 0 Å². The Hall–Kier alpha value is -2.93. The molecule has 1 fully saturated rings. The van der Waals surface area contributed by atoms with Crippen LogP contribution in [0.1, 0.15) is 40.0 Å². The Morgan fingerprint density at radius 2 is 1.62 bits per heavy atom. The predicted molar refractivity (Wildman–Crippen MR) is 113 cm³/mol. The number of rotatable bonds is 5. The van der Waals surface area contributed by atoms with Crippen LogP contribution in [-0.2, 0) is 4.79 Å². The van der Waals surface area contributed by atoms with E-state index in [1.165, 1.54) is 4.90 Å². The number of imide groups is 1. The van der Waals surface area contributed by atoms with E-state index in [0.29, 0.717) is 29.3 Å². The van der Waals surface area contributed by atoms with Crippen LogP contribution in [0.25, 0.3) is 0 Å². The molecule has 0 N–H and O–H groups in total. The van der Waals surface area contributed by atoms with Crippen molar-refractivity contribution in [3.63, 3.8) is 0 Å². The fourth-order valence-corrected chi connectivity index (χ4v) is 4.44. The molecule has 7 heteroatoms. The zero-order valence-electron chi connectivity index (χ0n) is 15.9. The van der Waals surface area contributed by atoms with Gasteiger partial charge in [-0.3, -0.25) is 24.2 Å². The molecule has 2 aromatic carbocycles. The van der Waals surface area contributed by atoms with Gasteiger partial charge in [-0.05, 0) is 37.1 Å². The molecule has 2 aliphatic heterocycles. The topological polar surface area (TPSA) is 70.1 Å². The second-order valence-corrected chi connectivity index (χ2v) is 7.95. The van der Waals surface area contributed by atoms with E-state index >= 15 is 0 Å². The average Bonchev–Trinajstić information content (AvgIpc) is 3.00. The van der Waals surface area contributed by atoms with E-state index in [2.05, 4.69) is 4.99 Å². The molecule has 29 heavy (non-hydrogen) atoms. The first-order chi connectivity index (χ1) is 14.1. The zero-order valence-corrected chi connectivity index (χ0v) is 16.7. The number of fused-ring (bicyclic) bond motifs is 1. The number of para-hydroxylation sites is 1. The summed E-state index contributed by atoms with van der Waals surface area (Å²) in [4.78, 5) is 45.2. The molecule has 148 valence electrons. The Morgan fingerprint density at radius 1 is 0.966 bits per heavy atom. The number of benzene rings is 2. The highest BCUT2D eigenvalue weighted by Crippen LogP contribution is 2.25. The Morgan fingerprint density at radius 3 is 2.31 bits per heavy atom. The maximum Gasteiger partial charge on any atom is 0.261 e. The summed E-state index contributed by atoms with van der Waals surface area (Å²) in [5.74, 6) is 0.351. The first-order valence-corrected chi connectivity index (χ1v) is 10.7. The van der Waals surface area contributed by atoms with Crippen LogP contribution < -0.4 is 0 Å². The van der Waals surface area contributed by atoms with Crippen molar-refractivity contribution in [3.8, 4) is 0 Å². The monoisotopic (exact) mass is 407 g/mol. The Kier molecular flexibility index (Phi) is 5.76. The molecule has 0 aromatic heterocycles. The smallest absolute Gasteiger partial charge is 0.261 e. The van der Waals surface area contributed by atoms with Gasteiger partial charge in [0, 0.05) is 25.3 Å². The molecule has 0 spiro atoms. The van der Waals surface area contributed by atoms with Gasteiger partial charge in [0.2, 0.25) is 5.91 Å². The van der Waals surface area contributed by atoms with Crippen LogP contribution in [0.4, 0.5) is 5.69 Å². The molecule has 3 amide bonds. The molecule has 0 aliphatic carbocycles. The van der Waals surface area contributed by atoms with Gasteiger partial charge in [0.15, 0.2) is 5.17 Å². The van der Waals surface area contributed by atoms with E-state index in [4.69, 9.17) is 0 Å². The first kappa shape index (κ1) is 19.4. The van der Waals surface area contributed by atoms with Crippen molar-refractivity contribution in [2.24, 2.45) is 4.99 Å². The van der Waals surface area contributed by atoms with Crippen LogP contribution >= 0.6 is 11.8 Å². The maximum absolute atomic E-state index is 12.8. The van der Waals surface area contributed by atoms with Crippen LogP contribution in [0, 0.1) is 0 Å². The summed E-state index contributed by atoms with van der Waals surface area (Å²) in [6, 6.07) is 16.4. The summed E-state index contributed by atoms with van der Waals surface area (Å²) in [5, 5.41) is 0.716. The van der Waals surface area contributed by atoms with E-state index in [1.54, 1.807) is 40.9 Å². The van der Waals surface area contributed by atoms with Gasteiger partial charge in [-0.25, -0.2) is 4.99 Å². The second-order valence-electron chi connectivity index (χ2n) is 6.89. The number of carbonyl (C=O) groups is 3. The lowest BCUT2D eigenvalue weighted by Gasteiger charge is -2.28. The summed E-state index contributed by atoms with van der Waals surface area (Å²) in [6.45, 7) is 0.884. The highest BCUT2D eigenvalue weighted by molar-refractivity contribution is 8.13.